The molecular weight excluding hydrogens is 416 g/mol. The maximum absolute atomic E-state index is 13.2. The van der Waals surface area contributed by atoms with Gasteiger partial charge in [-0.15, -0.1) is 0 Å². The summed E-state index contributed by atoms with van der Waals surface area (Å²) in [7, 11) is 0. The van der Waals surface area contributed by atoms with Crippen molar-refractivity contribution in [2.24, 2.45) is 0 Å². The number of aldehydes is 1. The lowest BCUT2D eigenvalue weighted by molar-refractivity contribution is 0.0697. The van der Waals surface area contributed by atoms with Crippen molar-refractivity contribution in [3.8, 4) is 11.1 Å². The first kappa shape index (κ1) is 24.2. The number of aromatic carboxylic acids is 1. The van der Waals surface area contributed by atoms with Crippen molar-refractivity contribution in [1.82, 2.24) is 9.13 Å². The van der Waals surface area contributed by atoms with Gasteiger partial charge in [-0.2, -0.15) is 0 Å². The zero-order valence-electron chi connectivity index (χ0n) is 19.6. The number of unbranched alkanes of at least 4 members (excludes halogenated alkanes) is 1. The monoisotopic (exact) mass is 448 g/mol. The Kier molecular flexibility index (Phi) is 8.04. The molecule has 0 bridgehead atoms. The molecule has 0 aliphatic heterocycles. The second-order valence-electron chi connectivity index (χ2n) is 8.41. The summed E-state index contributed by atoms with van der Waals surface area (Å²) in [6.45, 7) is 6.57. The van der Waals surface area contributed by atoms with Gasteiger partial charge in [0.15, 0.2) is 6.29 Å². The third-order valence-electron chi connectivity index (χ3n) is 6.27. The zero-order valence-corrected chi connectivity index (χ0v) is 19.6. The van der Waals surface area contributed by atoms with Crippen LogP contribution in [0.2, 0.25) is 0 Å². The van der Waals surface area contributed by atoms with Gasteiger partial charge in [0.2, 0.25) is 0 Å². The van der Waals surface area contributed by atoms with Gasteiger partial charge >= 0.3 is 11.7 Å². The molecule has 174 valence electrons. The number of aryl methyl sites for hydroxylation is 1. The van der Waals surface area contributed by atoms with E-state index in [9.17, 15) is 19.5 Å². The van der Waals surface area contributed by atoms with E-state index < -0.39 is 5.97 Å². The van der Waals surface area contributed by atoms with E-state index in [1.807, 2.05) is 44.2 Å². The molecule has 33 heavy (non-hydrogen) atoms. The molecule has 3 rings (SSSR count). The van der Waals surface area contributed by atoms with Crippen LogP contribution in [0.1, 0.15) is 78.2 Å². The second-order valence-corrected chi connectivity index (χ2v) is 8.41. The maximum Gasteiger partial charge on any atom is 0.336 e. The Morgan fingerprint density at radius 3 is 2.36 bits per heavy atom. The third kappa shape index (κ3) is 5.16. The third-order valence-corrected chi connectivity index (χ3v) is 6.27. The molecule has 0 amide bonds. The number of carbonyl (C=O) groups excluding carboxylic acids is 1. The molecule has 3 aromatic rings. The molecule has 0 aliphatic carbocycles. The zero-order chi connectivity index (χ0) is 24.0. The van der Waals surface area contributed by atoms with E-state index in [4.69, 9.17) is 0 Å². The largest absolute Gasteiger partial charge is 0.478 e. The lowest BCUT2D eigenvalue weighted by atomic mass is 9.98. The van der Waals surface area contributed by atoms with Crippen LogP contribution in [-0.4, -0.2) is 26.5 Å². The van der Waals surface area contributed by atoms with Gasteiger partial charge in [0, 0.05) is 18.3 Å². The highest BCUT2D eigenvalue weighted by Crippen LogP contribution is 2.24. The first-order valence-corrected chi connectivity index (χ1v) is 11.6. The Bertz CT molecular complexity index is 1170. The first-order valence-electron chi connectivity index (χ1n) is 11.6. The molecule has 0 radical (unpaired) electrons. The first-order chi connectivity index (χ1) is 15.9. The summed E-state index contributed by atoms with van der Waals surface area (Å²) in [5, 5.41) is 9.45. The summed E-state index contributed by atoms with van der Waals surface area (Å²) in [6.07, 6.45) is 4.85. The van der Waals surface area contributed by atoms with E-state index in [-0.39, 0.29) is 17.3 Å². The number of rotatable bonds is 11. The van der Waals surface area contributed by atoms with Crippen molar-refractivity contribution < 1.29 is 14.7 Å². The van der Waals surface area contributed by atoms with E-state index >= 15 is 0 Å². The van der Waals surface area contributed by atoms with Gasteiger partial charge in [-0.1, -0.05) is 62.7 Å². The van der Waals surface area contributed by atoms with Gasteiger partial charge in [0.05, 0.1) is 5.56 Å². The average molecular weight is 449 g/mol. The number of carboxylic acid groups (broad SMARTS) is 1. The fourth-order valence-corrected chi connectivity index (χ4v) is 4.21. The van der Waals surface area contributed by atoms with Crippen LogP contribution in [0.5, 0.6) is 0 Å². The lowest BCUT2D eigenvalue weighted by Crippen LogP contribution is -2.28. The van der Waals surface area contributed by atoms with Crippen molar-refractivity contribution in [2.75, 3.05) is 0 Å². The predicted molar refractivity (Wildman–Crippen MR) is 130 cm³/mol. The molecule has 6 nitrogen and oxygen atoms in total. The van der Waals surface area contributed by atoms with Crippen molar-refractivity contribution in [3.05, 3.63) is 81.5 Å². The van der Waals surface area contributed by atoms with Gasteiger partial charge in [0.25, 0.3) is 0 Å². The molecule has 1 aromatic heterocycles. The Hall–Kier alpha value is -3.41. The quantitative estimate of drug-likeness (QED) is 0.399. The van der Waals surface area contributed by atoms with E-state index in [1.54, 1.807) is 27.3 Å². The number of nitrogens with zero attached hydrogens (tertiary/aromatic N) is 2. The van der Waals surface area contributed by atoms with Gasteiger partial charge in [-0.05, 0) is 55.4 Å². The smallest absolute Gasteiger partial charge is 0.336 e. The number of benzene rings is 2. The molecule has 0 aliphatic rings. The summed E-state index contributed by atoms with van der Waals surface area (Å²) in [5.41, 5.74) is 4.03. The van der Waals surface area contributed by atoms with E-state index in [0.717, 1.165) is 42.4 Å². The number of hydrogen-bond acceptors (Lipinski definition) is 3. The van der Waals surface area contributed by atoms with Crippen LogP contribution < -0.4 is 5.69 Å². The van der Waals surface area contributed by atoms with Crippen LogP contribution in [0.15, 0.2) is 53.3 Å². The molecular formula is C27H32N2O4. The second kappa shape index (κ2) is 10.9. The number of carboxylic acids is 1. The predicted octanol–water partition coefficient (Wildman–Crippen LogP) is 5.38. The maximum atomic E-state index is 13.2. The summed E-state index contributed by atoms with van der Waals surface area (Å²) in [6, 6.07) is 14.7. The van der Waals surface area contributed by atoms with Crippen LogP contribution in [0, 0.1) is 0 Å². The van der Waals surface area contributed by atoms with Crippen LogP contribution >= 0.6 is 0 Å². The van der Waals surface area contributed by atoms with Gasteiger partial charge in [-0.3, -0.25) is 13.9 Å². The number of aromatic nitrogens is 2. The van der Waals surface area contributed by atoms with Crippen LogP contribution in [0.25, 0.3) is 11.1 Å². The number of hydrogen-bond donors (Lipinski definition) is 1. The highest BCUT2D eigenvalue weighted by atomic mass is 16.4. The fourth-order valence-electron chi connectivity index (χ4n) is 4.21. The summed E-state index contributed by atoms with van der Waals surface area (Å²) >= 11 is 0. The standard InChI is InChI=1S/C27H32N2O4/c1-4-6-11-24-25(18-30)29(19(3)5-2)27(33)28(24)17-16-20-12-14-21(15-13-20)22-9-7-8-10-23(22)26(31)32/h7-10,12-15,18-19H,4-6,11,16-17H2,1-3H3,(H,31,32). The molecule has 2 aromatic carbocycles. The van der Waals surface area contributed by atoms with Crippen molar-refractivity contribution in [1.29, 1.82) is 0 Å². The normalized spacial score (nSPS) is 12.0. The van der Waals surface area contributed by atoms with Crippen molar-refractivity contribution in [3.63, 3.8) is 0 Å². The minimum atomic E-state index is -0.953. The van der Waals surface area contributed by atoms with Crippen molar-refractivity contribution >= 4 is 12.3 Å². The van der Waals surface area contributed by atoms with Gasteiger partial charge < -0.3 is 5.11 Å². The molecule has 1 unspecified atom stereocenters. The lowest BCUT2D eigenvalue weighted by Gasteiger charge is -2.10. The molecule has 0 fully saturated rings. The molecule has 1 atom stereocenters. The van der Waals surface area contributed by atoms with E-state index in [1.165, 1.54) is 0 Å². The number of imidazole rings is 1. The van der Waals surface area contributed by atoms with Crippen LogP contribution in [0.4, 0.5) is 0 Å². The summed E-state index contributed by atoms with van der Waals surface area (Å²) < 4.78 is 3.41. The van der Waals surface area contributed by atoms with E-state index in [2.05, 4.69) is 6.92 Å². The summed E-state index contributed by atoms with van der Waals surface area (Å²) in [5.74, 6) is -0.953. The Morgan fingerprint density at radius 2 is 1.76 bits per heavy atom. The summed E-state index contributed by atoms with van der Waals surface area (Å²) in [4.78, 5) is 36.6. The molecule has 0 saturated heterocycles. The molecule has 6 heteroatoms. The SMILES string of the molecule is CCCCc1c(C=O)n(C(C)CC)c(=O)n1CCc1ccc(-c2ccccc2C(=O)O)cc1. The molecule has 0 saturated carbocycles. The molecule has 0 spiro atoms. The molecule has 1 N–H and O–H groups in total. The van der Waals surface area contributed by atoms with E-state index in [0.29, 0.717) is 30.6 Å². The number of carbonyl (C=O) groups is 2. The van der Waals surface area contributed by atoms with Crippen LogP contribution in [-0.2, 0) is 19.4 Å². The topological polar surface area (TPSA) is 81.3 Å². The average Bonchev–Trinajstić information content (AvgIpc) is 3.11. The minimum absolute atomic E-state index is 0.0343. The highest BCUT2D eigenvalue weighted by molar-refractivity contribution is 5.95. The highest BCUT2D eigenvalue weighted by Gasteiger charge is 2.21. The minimum Gasteiger partial charge on any atom is -0.478 e. The Morgan fingerprint density at radius 1 is 1.06 bits per heavy atom. The Balaban J connectivity index is 1.88. The fraction of sp³-hybridized carbons (Fsp3) is 0.370. The van der Waals surface area contributed by atoms with Gasteiger partial charge in [0.1, 0.15) is 5.69 Å². The van der Waals surface area contributed by atoms with Crippen LogP contribution in [0.3, 0.4) is 0 Å². The molecule has 1 heterocycles. The Labute approximate surface area is 194 Å². The van der Waals surface area contributed by atoms with Gasteiger partial charge in [-0.25, -0.2) is 9.59 Å². The van der Waals surface area contributed by atoms with Crippen molar-refractivity contribution in [2.45, 2.75) is 65.5 Å².